The van der Waals surface area contributed by atoms with Gasteiger partial charge in [0.15, 0.2) is 17.3 Å². The van der Waals surface area contributed by atoms with E-state index in [1.165, 1.54) is 6.33 Å². The molecular formula is C20H25N7O3. The van der Waals surface area contributed by atoms with Gasteiger partial charge >= 0.3 is 0 Å². The van der Waals surface area contributed by atoms with Crippen molar-refractivity contribution in [1.29, 1.82) is 0 Å². The highest BCUT2D eigenvalue weighted by Crippen LogP contribution is 2.40. The van der Waals surface area contributed by atoms with Crippen molar-refractivity contribution in [2.75, 3.05) is 45.1 Å². The summed E-state index contributed by atoms with van der Waals surface area (Å²) in [5, 5.41) is 6.35. The third-order valence-corrected chi connectivity index (χ3v) is 4.20. The van der Waals surface area contributed by atoms with Crippen molar-refractivity contribution >= 4 is 17.5 Å². The van der Waals surface area contributed by atoms with Crippen LogP contribution in [-0.4, -0.2) is 54.4 Å². The number of nitrogens with zero attached hydrogens (tertiary/aromatic N) is 4. The number of ether oxygens (including phenoxy) is 3. The van der Waals surface area contributed by atoms with Crippen LogP contribution in [0.1, 0.15) is 6.42 Å². The van der Waals surface area contributed by atoms with E-state index in [-0.39, 0.29) is 0 Å². The molecule has 3 rings (SSSR count). The van der Waals surface area contributed by atoms with Crippen LogP contribution in [0.3, 0.4) is 0 Å². The van der Waals surface area contributed by atoms with E-state index in [4.69, 9.17) is 19.9 Å². The standard InChI is InChI=1S/C20H25N7O3/c1-28-15-9-14(10-16(29-2)18(15)30-3)26-20-25-12-24-19(27-20)13-5-6-17(23-11-13)22-8-4-7-21/h5-6,9-12H,4,7-8,21H2,1-3H3,(H,22,23)(H,24,25,26,27). The van der Waals surface area contributed by atoms with Crippen molar-refractivity contribution in [3.63, 3.8) is 0 Å². The fourth-order valence-electron chi connectivity index (χ4n) is 2.73. The summed E-state index contributed by atoms with van der Waals surface area (Å²) in [4.78, 5) is 17.3. The van der Waals surface area contributed by atoms with Gasteiger partial charge < -0.3 is 30.6 Å². The Kier molecular flexibility index (Phi) is 7.17. The second-order valence-corrected chi connectivity index (χ2v) is 6.17. The molecule has 0 spiro atoms. The molecule has 0 fully saturated rings. The lowest BCUT2D eigenvalue weighted by molar-refractivity contribution is 0.324. The Hall–Kier alpha value is -3.66. The van der Waals surface area contributed by atoms with Gasteiger partial charge in [-0.05, 0) is 25.1 Å². The summed E-state index contributed by atoms with van der Waals surface area (Å²) in [6, 6.07) is 7.32. The van der Waals surface area contributed by atoms with Gasteiger partial charge in [0.05, 0.1) is 21.3 Å². The fraction of sp³-hybridized carbons (Fsp3) is 0.300. The second-order valence-electron chi connectivity index (χ2n) is 6.17. The zero-order chi connectivity index (χ0) is 21.3. The molecule has 0 aliphatic carbocycles. The van der Waals surface area contributed by atoms with Crippen LogP contribution in [0.25, 0.3) is 11.4 Å². The van der Waals surface area contributed by atoms with Crippen molar-refractivity contribution in [2.24, 2.45) is 5.73 Å². The molecule has 0 atom stereocenters. The zero-order valence-electron chi connectivity index (χ0n) is 17.2. The van der Waals surface area contributed by atoms with Crippen LogP contribution in [0.15, 0.2) is 36.8 Å². The quantitative estimate of drug-likeness (QED) is 0.428. The maximum atomic E-state index is 5.50. The van der Waals surface area contributed by atoms with Crippen molar-refractivity contribution in [1.82, 2.24) is 19.9 Å². The first-order valence-electron chi connectivity index (χ1n) is 9.35. The number of nitrogens with one attached hydrogen (secondary N) is 2. The Morgan fingerprint density at radius 2 is 1.73 bits per heavy atom. The van der Waals surface area contributed by atoms with Crippen molar-refractivity contribution in [3.05, 3.63) is 36.8 Å². The van der Waals surface area contributed by atoms with E-state index >= 15 is 0 Å². The Morgan fingerprint density at radius 1 is 0.967 bits per heavy atom. The van der Waals surface area contributed by atoms with Gasteiger partial charge in [0.1, 0.15) is 12.1 Å². The molecule has 10 heteroatoms. The Morgan fingerprint density at radius 3 is 2.33 bits per heavy atom. The Bertz CT molecular complexity index is 942. The van der Waals surface area contributed by atoms with Crippen LogP contribution in [-0.2, 0) is 0 Å². The van der Waals surface area contributed by atoms with Crippen LogP contribution in [0.5, 0.6) is 17.2 Å². The highest BCUT2D eigenvalue weighted by Gasteiger charge is 2.14. The summed E-state index contributed by atoms with van der Waals surface area (Å²) < 4.78 is 16.1. The summed E-state index contributed by atoms with van der Waals surface area (Å²) in [6.45, 7) is 1.41. The first kappa shape index (κ1) is 21.1. The van der Waals surface area contributed by atoms with Crippen LogP contribution in [0, 0.1) is 0 Å². The van der Waals surface area contributed by atoms with E-state index in [0.717, 1.165) is 24.3 Å². The monoisotopic (exact) mass is 411 g/mol. The predicted molar refractivity (Wildman–Crippen MR) is 115 cm³/mol. The van der Waals surface area contributed by atoms with E-state index in [1.54, 1.807) is 39.7 Å². The van der Waals surface area contributed by atoms with Gasteiger partial charge in [-0.3, -0.25) is 0 Å². The molecule has 10 nitrogen and oxygen atoms in total. The highest BCUT2D eigenvalue weighted by atomic mass is 16.5. The molecule has 0 aliphatic rings. The van der Waals surface area contributed by atoms with Crippen LogP contribution in [0.2, 0.25) is 0 Å². The van der Waals surface area contributed by atoms with E-state index < -0.39 is 0 Å². The molecule has 0 radical (unpaired) electrons. The van der Waals surface area contributed by atoms with Crippen molar-refractivity contribution in [3.8, 4) is 28.6 Å². The average Bonchev–Trinajstić information content (AvgIpc) is 2.79. The SMILES string of the molecule is COc1cc(Nc2ncnc(-c3ccc(NCCCN)nc3)n2)cc(OC)c1OC. The number of pyridine rings is 1. The molecule has 1 aromatic carbocycles. The number of anilines is 3. The minimum Gasteiger partial charge on any atom is -0.493 e. The van der Waals surface area contributed by atoms with E-state index in [0.29, 0.717) is 41.3 Å². The lowest BCUT2D eigenvalue weighted by Gasteiger charge is -2.14. The summed E-state index contributed by atoms with van der Waals surface area (Å²) in [6.07, 6.45) is 4.03. The Balaban J connectivity index is 1.79. The predicted octanol–water partition coefficient (Wildman–Crippen LogP) is 2.46. The lowest BCUT2D eigenvalue weighted by Crippen LogP contribution is -2.09. The maximum absolute atomic E-state index is 5.50. The summed E-state index contributed by atoms with van der Waals surface area (Å²) >= 11 is 0. The highest BCUT2D eigenvalue weighted by molar-refractivity contribution is 5.66. The molecule has 0 aliphatic heterocycles. The molecule has 0 saturated heterocycles. The van der Waals surface area contributed by atoms with E-state index in [9.17, 15) is 0 Å². The van der Waals surface area contributed by atoms with Gasteiger partial charge in [0.2, 0.25) is 11.7 Å². The molecule has 0 amide bonds. The van der Waals surface area contributed by atoms with Gasteiger partial charge in [0.25, 0.3) is 0 Å². The fourth-order valence-corrected chi connectivity index (χ4v) is 2.73. The molecule has 4 N–H and O–H groups in total. The molecule has 30 heavy (non-hydrogen) atoms. The molecule has 3 aromatic rings. The van der Waals surface area contributed by atoms with Crippen LogP contribution in [0.4, 0.5) is 17.5 Å². The first-order valence-corrected chi connectivity index (χ1v) is 9.35. The molecule has 0 bridgehead atoms. The smallest absolute Gasteiger partial charge is 0.230 e. The van der Waals surface area contributed by atoms with Crippen molar-refractivity contribution < 1.29 is 14.2 Å². The minimum absolute atomic E-state index is 0.374. The topological polar surface area (TPSA) is 129 Å². The number of methoxy groups -OCH3 is 3. The minimum atomic E-state index is 0.374. The average molecular weight is 411 g/mol. The number of rotatable bonds is 10. The molecule has 2 aromatic heterocycles. The third kappa shape index (κ3) is 5.03. The van der Waals surface area contributed by atoms with Gasteiger partial charge in [-0.2, -0.15) is 4.98 Å². The third-order valence-electron chi connectivity index (χ3n) is 4.20. The van der Waals surface area contributed by atoms with E-state index in [2.05, 4.69) is 30.6 Å². The number of hydrogen-bond donors (Lipinski definition) is 3. The molecular weight excluding hydrogens is 386 g/mol. The summed E-state index contributed by atoms with van der Waals surface area (Å²) in [7, 11) is 4.67. The summed E-state index contributed by atoms with van der Waals surface area (Å²) in [5.41, 5.74) is 6.95. The first-order chi connectivity index (χ1) is 14.7. The van der Waals surface area contributed by atoms with E-state index in [1.807, 2.05) is 12.1 Å². The number of nitrogens with two attached hydrogens (primary N) is 1. The molecule has 0 unspecified atom stereocenters. The van der Waals surface area contributed by atoms with Gasteiger partial charge in [-0.25, -0.2) is 15.0 Å². The number of benzene rings is 1. The summed E-state index contributed by atoms with van der Waals surface area (Å²) in [5.74, 6) is 3.21. The lowest BCUT2D eigenvalue weighted by atomic mass is 10.2. The van der Waals surface area contributed by atoms with Gasteiger partial charge in [-0.15, -0.1) is 0 Å². The Labute approximate surface area is 174 Å². The number of hydrogen-bond acceptors (Lipinski definition) is 10. The largest absolute Gasteiger partial charge is 0.493 e. The molecule has 158 valence electrons. The maximum Gasteiger partial charge on any atom is 0.230 e. The van der Waals surface area contributed by atoms with Gasteiger partial charge in [0, 0.05) is 36.1 Å². The van der Waals surface area contributed by atoms with Crippen molar-refractivity contribution in [2.45, 2.75) is 6.42 Å². The zero-order valence-corrected chi connectivity index (χ0v) is 17.2. The number of aromatic nitrogens is 4. The molecule has 2 heterocycles. The normalized spacial score (nSPS) is 10.4. The van der Waals surface area contributed by atoms with Crippen LogP contribution >= 0.6 is 0 Å². The second kappa shape index (κ2) is 10.2. The van der Waals surface area contributed by atoms with Crippen LogP contribution < -0.4 is 30.6 Å². The van der Waals surface area contributed by atoms with Gasteiger partial charge in [-0.1, -0.05) is 0 Å². The molecule has 0 saturated carbocycles.